The molecule has 0 aliphatic heterocycles. The highest BCUT2D eigenvalue weighted by molar-refractivity contribution is 9.10. The molecule has 82 valence electrons. The molecule has 0 aromatic heterocycles. The average molecular weight is 276 g/mol. The SMILES string of the molecule is NCC(C(=O)O)c1cc(O)c(O)c(Br)c1. The number of nitrogens with two attached hydrogens (primary N) is 1. The molecule has 0 bridgehead atoms. The van der Waals surface area contributed by atoms with Crippen LogP contribution in [0.5, 0.6) is 11.5 Å². The zero-order chi connectivity index (χ0) is 11.6. The number of phenols is 2. The molecule has 0 radical (unpaired) electrons. The van der Waals surface area contributed by atoms with Crippen molar-refractivity contribution in [2.24, 2.45) is 5.73 Å². The maximum atomic E-state index is 10.8. The molecular formula is C9H10BrNO4. The lowest BCUT2D eigenvalue weighted by atomic mass is 9.99. The molecule has 0 fully saturated rings. The fraction of sp³-hybridized carbons (Fsp3) is 0.222. The van der Waals surface area contributed by atoms with Crippen LogP contribution in [0.4, 0.5) is 0 Å². The molecule has 15 heavy (non-hydrogen) atoms. The van der Waals surface area contributed by atoms with Gasteiger partial charge in [-0.15, -0.1) is 0 Å². The van der Waals surface area contributed by atoms with E-state index < -0.39 is 11.9 Å². The van der Waals surface area contributed by atoms with Crippen LogP contribution in [-0.4, -0.2) is 27.8 Å². The summed E-state index contributed by atoms with van der Waals surface area (Å²) in [6.45, 7) is -0.0774. The molecular weight excluding hydrogens is 266 g/mol. The number of carboxylic acid groups (broad SMARTS) is 1. The molecule has 5 N–H and O–H groups in total. The van der Waals surface area contributed by atoms with Crippen LogP contribution in [0.3, 0.4) is 0 Å². The number of rotatable bonds is 3. The highest BCUT2D eigenvalue weighted by atomic mass is 79.9. The molecule has 1 aromatic rings. The molecule has 1 rings (SSSR count). The van der Waals surface area contributed by atoms with Gasteiger partial charge in [0.1, 0.15) is 0 Å². The Bertz CT molecular complexity index is 371. The summed E-state index contributed by atoms with van der Waals surface area (Å²) in [5.74, 6) is -2.67. The van der Waals surface area contributed by atoms with Crippen molar-refractivity contribution in [2.75, 3.05) is 6.54 Å². The lowest BCUT2D eigenvalue weighted by Gasteiger charge is -2.11. The van der Waals surface area contributed by atoms with Crippen molar-refractivity contribution in [3.8, 4) is 11.5 Å². The van der Waals surface area contributed by atoms with Crippen molar-refractivity contribution in [2.45, 2.75) is 5.92 Å². The first-order valence-corrected chi connectivity index (χ1v) is 4.91. The molecule has 1 atom stereocenters. The third kappa shape index (κ3) is 2.40. The molecule has 1 unspecified atom stereocenters. The summed E-state index contributed by atoms with van der Waals surface area (Å²) in [7, 11) is 0. The number of halogens is 1. The lowest BCUT2D eigenvalue weighted by molar-refractivity contribution is -0.138. The molecule has 0 aliphatic rings. The summed E-state index contributed by atoms with van der Waals surface area (Å²) in [6.07, 6.45) is 0. The van der Waals surface area contributed by atoms with E-state index in [0.717, 1.165) is 0 Å². The van der Waals surface area contributed by atoms with Crippen LogP contribution in [0.1, 0.15) is 11.5 Å². The van der Waals surface area contributed by atoms with Crippen molar-refractivity contribution in [1.82, 2.24) is 0 Å². The normalized spacial score (nSPS) is 12.4. The molecule has 0 heterocycles. The Morgan fingerprint density at radius 3 is 2.47 bits per heavy atom. The Labute approximate surface area is 94.3 Å². The molecule has 6 heteroatoms. The summed E-state index contributed by atoms with van der Waals surface area (Å²) in [5.41, 5.74) is 5.64. The summed E-state index contributed by atoms with van der Waals surface area (Å²) < 4.78 is 0.234. The quantitative estimate of drug-likeness (QED) is 0.616. The van der Waals surface area contributed by atoms with Gasteiger partial charge < -0.3 is 21.1 Å². The van der Waals surface area contributed by atoms with Gasteiger partial charge in [0.25, 0.3) is 0 Å². The number of carbonyl (C=O) groups is 1. The molecule has 1 aromatic carbocycles. The van der Waals surface area contributed by atoms with Crippen LogP contribution in [-0.2, 0) is 4.79 Å². The first kappa shape index (κ1) is 11.8. The highest BCUT2D eigenvalue weighted by Gasteiger charge is 2.20. The van der Waals surface area contributed by atoms with Crippen LogP contribution in [0.2, 0.25) is 0 Å². The van der Waals surface area contributed by atoms with Gasteiger partial charge in [0.05, 0.1) is 10.4 Å². The van der Waals surface area contributed by atoms with Crippen molar-refractivity contribution < 1.29 is 20.1 Å². The maximum Gasteiger partial charge on any atom is 0.312 e. The van der Waals surface area contributed by atoms with Gasteiger partial charge in [-0.1, -0.05) is 0 Å². The van der Waals surface area contributed by atoms with Crippen LogP contribution >= 0.6 is 15.9 Å². The standard InChI is InChI=1S/C9H10BrNO4/c10-6-1-4(2-7(12)8(6)13)5(3-11)9(14)15/h1-2,5,12-13H,3,11H2,(H,14,15). The van der Waals surface area contributed by atoms with E-state index in [4.69, 9.17) is 10.8 Å². The van der Waals surface area contributed by atoms with E-state index in [-0.39, 0.29) is 22.5 Å². The van der Waals surface area contributed by atoms with Gasteiger partial charge in [0.2, 0.25) is 0 Å². The molecule has 0 spiro atoms. The smallest absolute Gasteiger partial charge is 0.312 e. The van der Waals surface area contributed by atoms with Crippen LogP contribution < -0.4 is 5.73 Å². The van der Waals surface area contributed by atoms with E-state index in [1.807, 2.05) is 0 Å². The fourth-order valence-electron chi connectivity index (χ4n) is 1.19. The van der Waals surface area contributed by atoms with E-state index in [1.165, 1.54) is 12.1 Å². The van der Waals surface area contributed by atoms with Gasteiger partial charge in [-0.05, 0) is 33.6 Å². The van der Waals surface area contributed by atoms with Gasteiger partial charge >= 0.3 is 5.97 Å². The first-order valence-electron chi connectivity index (χ1n) is 4.11. The Kier molecular flexibility index (Phi) is 3.54. The molecule has 0 amide bonds. The number of hydrogen-bond donors (Lipinski definition) is 4. The number of benzene rings is 1. The Morgan fingerprint density at radius 1 is 1.47 bits per heavy atom. The summed E-state index contributed by atoms with van der Waals surface area (Å²) >= 11 is 3.00. The second-order valence-corrected chi connectivity index (χ2v) is 3.85. The summed E-state index contributed by atoms with van der Waals surface area (Å²) in [5, 5.41) is 27.4. The molecule has 0 aliphatic carbocycles. The van der Waals surface area contributed by atoms with Crippen LogP contribution in [0.15, 0.2) is 16.6 Å². The lowest BCUT2D eigenvalue weighted by Crippen LogP contribution is -2.21. The highest BCUT2D eigenvalue weighted by Crippen LogP contribution is 2.36. The average Bonchev–Trinajstić information content (AvgIpc) is 2.14. The van der Waals surface area contributed by atoms with Crippen molar-refractivity contribution in [3.05, 3.63) is 22.2 Å². The zero-order valence-electron chi connectivity index (χ0n) is 7.64. The van der Waals surface area contributed by atoms with E-state index in [9.17, 15) is 15.0 Å². The predicted molar refractivity (Wildman–Crippen MR) is 56.9 cm³/mol. The number of aliphatic carboxylic acids is 1. The second kappa shape index (κ2) is 4.50. The minimum atomic E-state index is -1.07. The van der Waals surface area contributed by atoms with Crippen molar-refractivity contribution >= 4 is 21.9 Å². The molecule has 5 nitrogen and oxygen atoms in total. The van der Waals surface area contributed by atoms with E-state index in [0.29, 0.717) is 5.56 Å². The largest absolute Gasteiger partial charge is 0.504 e. The van der Waals surface area contributed by atoms with Gasteiger partial charge in [0, 0.05) is 6.54 Å². The van der Waals surface area contributed by atoms with Gasteiger partial charge in [0.15, 0.2) is 11.5 Å². The minimum Gasteiger partial charge on any atom is -0.504 e. The number of aromatic hydroxyl groups is 2. The maximum absolute atomic E-state index is 10.8. The Morgan fingerprint density at radius 2 is 2.07 bits per heavy atom. The summed E-state index contributed by atoms with van der Waals surface area (Å²) in [6, 6.07) is 2.60. The zero-order valence-corrected chi connectivity index (χ0v) is 9.23. The molecule has 0 saturated carbocycles. The van der Waals surface area contributed by atoms with Gasteiger partial charge in [-0.25, -0.2) is 0 Å². The second-order valence-electron chi connectivity index (χ2n) is 3.00. The van der Waals surface area contributed by atoms with Crippen LogP contribution in [0.25, 0.3) is 0 Å². The van der Waals surface area contributed by atoms with E-state index in [2.05, 4.69) is 15.9 Å². The van der Waals surface area contributed by atoms with Crippen molar-refractivity contribution in [1.29, 1.82) is 0 Å². The number of carboxylic acids is 1. The van der Waals surface area contributed by atoms with Gasteiger partial charge in [-0.2, -0.15) is 0 Å². The third-order valence-electron chi connectivity index (χ3n) is 2.00. The Balaban J connectivity index is 3.20. The number of hydrogen-bond acceptors (Lipinski definition) is 4. The van der Waals surface area contributed by atoms with E-state index in [1.54, 1.807) is 0 Å². The van der Waals surface area contributed by atoms with E-state index >= 15 is 0 Å². The predicted octanol–water partition coefficient (Wildman–Crippen LogP) is 0.987. The minimum absolute atomic E-state index is 0.0774. The molecule has 0 saturated heterocycles. The monoisotopic (exact) mass is 275 g/mol. The van der Waals surface area contributed by atoms with Crippen LogP contribution in [0, 0.1) is 0 Å². The number of phenolic OH excluding ortho intramolecular Hbond substituents is 2. The summed E-state index contributed by atoms with van der Waals surface area (Å²) in [4.78, 5) is 10.8. The topological polar surface area (TPSA) is 104 Å². The third-order valence-corrected chi connectivity index (χ3v) is 2.61. The Hall–Kier alpha value is -1.27. The van der Waals surface area contributed by atoms with Crippen molar-refractivity contribution in [3.63, 3.8) is 0 Å². The van der Waals surface area contributed by atoms with Gasteiger partial charge in [-0.3, -0.25) is 4.79 Å². The fourth-order valence-corrected chi connectivity index (χ4v) is 1.65. The first-order chi connectivity index (χ1) is 6.97.